The quantitative estimate of drug-likeness (QED) is 0.617. The van der Waals surface area contributed by atoms with Crippen LogP contribution in [-0.4, -0.2) is 22.0 Å². The molecule has 0 bridgehead atoms. The minimum absolute atomic E-state index is 0.178. The summed E-state index contributed by atoms with van der Waals surface area (Å²) in [4.78, 5) is 10.3. The van der Waals surface area contributed by atoms with Crippen LogP contribution in [0.1, 0.15) is 5.69 Å². The fraction of sp³-hybridized carbons (Fsp3) is 0.400. The van der Waals surface area contributed by atoms with Crippen LogP contribution in [0.2, 0.25) is 0 Å². The highest BCUT2D eigenvalue weighted by molar-refractivity contribution is 7.03. The number of amides is 1. The Morgan fingerprint density at radius 3 is 3.18 bits per heavy atom. The highest BCUT2D eigenvalue weighted by Crippen LogP contribution is 1.94. The molecule has 60 valence electrons. The van der Waals surface area contributed by atoms with E-state index in [4.69, 9.17) is 5.73 Å². The molecule has 1 amide bonds. The van der Waals surface area contributed by atoms with Gasteiger partial charge in [0.1, 0.15) is 0 Å². The van der Waals surface area contributed by atoms with Gasteiger partial charge in [-0.25, -0.2) is 0 Å². The van der Waals surface area contributed by atoms with E-state index in [1.165, 1.54) is 11.5 Å². The molecule has 0 atom stereocenters. The Kier molecular flexibility index (Phi) is 2.94. The van der Waals surface area contributed by atoms with Crippen LogP contribution in [0.25, 0.3) is 0 Å². The number of primary amides is 1. The van der Waals surface area contributed by atoms with Crippen molar-refractivity contribution in [1.29, 1.82) is 0 Å². The lowest BCUT2D eigenvalue weighted by atomic mass is 10.5. The number of nitrogens with two attached hydrogens (primary N) is 1. The summed E-state index contributed by atoms with van der Waals surface area (Å²) in [5.41, 5.74) is 5.73. The Labute approximate surface area is 67.8 Å². The molecule has 0 saturated heterocycles. The lowest BCUT2D eigenvalue weighted by Crippen LogP contribution is -2.28. The van der Waals surface area contributed by atoms with E-state index >= 15 is 0 Å². The molecule has 0 aliphatic rings. The van der Waals surface area contributed by atoms with Crippen molar-refractivity contribution in [3.8, 4) is 0 Å². The molecule has 6 heteroatoms. The van der Waals surface area contributed by atoms with Gasteiger partial charge in [-0.15, -0.1) is 5.10 Å². The average Bonchev–Trinajstić information content (AvgIpc) is 2.39. The average molecular weight is 172 g/mol. The van der Waals surface area contributed by atoms with Crippen LogP contribution in [0.4, 0.5) is 0 Å². The first-order chi connectivity index (χ1) is 5.29. The van der Waals surface area contributed by atoms with Gasteiger partial charge in [0.05, 0.1) is 12.2 Å². The molecule has 0 aliphatic heterocycles. The van der Waals surface area contributed by atoms with E-state index in [1.807, 2.05) is 5.38 Å². The fourth-order valence-corrected chi connectivity index (χ4v) is 1.03. The normalized spacial score (nSPS) is 9.82. The second-order valence-electron chi connectivity index (χ2n) is 1.97. The SMILES string of the molecule is NC(=O)CNCc1csnn1. The van der Waals surface area contributed by atoms with Gasteiger partial charge in [-0.2, -0.15) is 0 Å². The number of nitrogens with zero attached hydrogens (tertiary/aromatic N) is 2. The van der Waals surface area contributed by atoms with Gasteiger partial charge < -0.3 is 11.1 Å². The van der Waals surface area contributed by atoms with Gasteiger partial charge in [-0.1, -0.05) is 4.49 Å². The molecular weight excluding hydrogens is 164 g/mol. The van der Waals surface area contributed by atoms with Gasteiger partial charge in [0.25, 0.3) is 0 Å². The minimum atomic E-state index is -0.367. The lowest BCUT2D eigenvalue weighted by molar-refractivity contribution is -0.117. The molecule has 1 rings (SSSR count). The number of nitrogens with one attached hydrogen (secondary N) is 1. The Balaban J connectivity index is 2.19. The predicted octanol–water partition coefficient (Wildman–Crippen LogP) is -0.887. The van der Waals surface area contributed by atoms with E-state index in [-0.39, 0.29) is 12.5 Å². The van der Waals surface area contributed by atoms with Crippen molar-refractivity contribution in [3.05, 3.63) is 11.1 Å². The number of hydrogen-bond acceptors (Lipinski definition) is 5. The number of hydrogen-bond donors (Lipinski definition) is 2. The molecule has 0 fully saturated rings. The summed E-state index contributed by atoms with van der Waals surface area (Å²) in [6, 6.07) is 0. The fourth-order valence-electron chi connectivity index (χ4n) is 0.575. The van der Waals surface area contributed by atoms with Crippen molar-refractivity contribution in [1.82, 2.24) is 14.9 Å². The summed E-state index contributed by atoms with van der Waals surface area (Å²) in [6.45, 7) is 0.719. The van der Waals surface area contributed by atoms with Gasteiger partial charge >= 0.3 is 0 Å². The summed E-state index contributed by atoms with van der Waals surface area (Å²) >= 11 is 1.28. The smallest absolute Gasteiger partial charge is 0.231 e. The molecular formula is C5H8N4OS. The molecule has 0 aliphatic carbocycles. The van der Waals surface area contributed by atoms with Crippen molar-refractivity contribution in [2.24, 2.45) is 5.73 Å². The summed E-state index contributed by atoms with van der Waals surface area (Å²) in [5, 5.41) is 8.40. The van der Waals surface area contributed by atoms with E-state index in [1.54, 1.807) is 0 Å². The van der Waals surface area contributed by atoms with Crippen LogP contribution in [0.3, 0.4) is 0 Å². The molecule has 0 radical (unpaired) electrons. The third-order valence-corrected chi connectivity index (χ3v) is 1.56. The first kappa shape index (κ1) is 8.09. The topological polar surface area (TPSA) is 80.9 Å². The third-order valence-electron chi connectivity index (χ3n) is 1.01. The molecule has 0 unspecified atom stereocenters. The zero-order valence-electron chi connectivity index (χ0n) is 5.78. The summed E-state index contributed by atoms with van der Waals surface area (Å²) in [7, 11) is 0. The van der Waals surface area contributed by atoms with Crippen LogP contribution in [-0.2, 0) is 11.3 Å². The number of carbonyl (C=O) groups excluding carboxylic acids is 1. The number of rotatable bonds is 4. The summed E-state index contributed by atoms with van der Waals surface area (Å²) in [6.07, 6.45) is 0. The highest BCUT2D eigenvalue weighted by Gasteiger charge is 1.96. The van der Waals surface area contributed by atoms with Gasteiger partial charge in [0.2, 0.25) is 5.91 Å². The van der Waals surface area contributed by atoms with Crippen molar-refractivity contribution in [3.63, 3.8) is 0 Å². The van der Waals surface area contributed by atoms with Gasteiger partial charge in [0.15, 0.2) is 0 Å². The van der Waals surface area contributed by atoms with E-state index in [9.17, 15) is 4.79 Å². The van der Waals surface area contributed by atoms with Gasteiger partial charge in [0, 0.05) is 11.9 Å². The van der Waals surface area contributed by atoms with E-state index in [0.717, 1.165) is 5.69 Å². The second-order valence-corrected chi connectivity index (χ2v) is 2.58. The highest BCUT2D eigenvalue weighted by atomic mass is 32.1. The Morgan fingerprint density at radius 2 is 2.64 bits per heavy atom. The molecule has 0 spiro atoms. The molecule has 0 saturated carbocycles. The maximum Gasteiger partial charge on any atom is 0.231 e. The van der Waals surface area contributed by atoms with Crippen molar-refractivity contribution >= 4 is 17.4 Å². The van der Waals surface area contributed by atoms with Crippen LogP contribution < -0.4 is 11.1 Å². The van der Waals surface area contributed by atoms with Crippen molar-refractivity contribution < 1.29 is 4.79 Å². The first-order valence-electron chi connectivity index (χ1n) is 3.04. The minimum Gasteiger partial charge on any atom is -0.369 e. The van der Waals surface area contributed by atoms with Crippen LogP contribution in [0.5, 0.6) is 0 Å². The number of carbonyl (C=O) groups is 1. The molecule has 1 heterocycles. The van der Waals surface area contributed by atoms with E-state index in [2.05, 4.69) is 14.9 Å². The molecule has 1 aromatic heterocycles. The zero-order chi connectivity index (χ0) is 8.10. The second kappa shape index (κ2) is 3.99. The Morgan fingerprint density at radius 1 is 1.82 bits per heavy atom. The molecule has 0 aromatic carbocycles. The summed E-state index contributed by atoms with van der Waals surface area (Å²) in [5.74, 6) is -0.367. The zero-order valence-corrected chi connectivity index (χ0v) is 6.60. The maximum absolute atomic E-state index is 10.3. The number of aromatic nitrogens is 2. The predicted molar refractivity (Wildman–Crippen MR) is 40.8 cm³/mol. The van der Waals surface area contributed by atoms with Gasteiger partial charge in [-0.3, -0.25) is 4.79 Å². The van der Waals surface area contributed by atoms with Crippen LogP contribution in [0.15, 0.2) is 5.38 Å². The van der Waals surface area contributed by atoms with Crippen molar-refractivity contribution in [2.75, 3.05) is 6.54 Å². The lowest BCUT2D eigenvalue weighted by Gasteiger charge is -1.95. The first-order valence-corrected chi connectivity index (χ1v) is 3.87. The van der Waals surface area contributed by atoms with Crippen molar-refractivity contribution in [2.45, 2.75) is 6.54 Å². The Bertz CT molecular complexity index is 222. The maximum atomic E-state index is 10.3. The molecule has 3 N–H and O–H groups in total. The molecule has 11 heavy (non-hydrogen) atoms. The van der Waals surface area contributed by atoms with Crippen LogP contribution in [0, 0.1) is 0 Å². The van der Waals surface area contributed by atoms with Gasteiger partial charge in [-0.05, 0) is 11.5 Å². The third kappa shape index (κ3) is 3.06. The standard InChI is InChI=1S/C5H8N4OS/c6-5(10)2-7-1-4-3-11-9-8-4/h3,7H,1-2H2,(H2,6,10). The Hall–Kier alpha value is -1.01. The molecule has 5 nitrogen and oxygen atoms in total. The molecule has 1 aromatic rings. The summed E-state index contributed by atoms with van der Waals surface area (Å²) < 4.78 is 3.66. The largest absolute Gasteiger partial charge is 0.369 e. The van der Waals surface area contributed by atoms with E-state index in [0.29, 0.717) is 6.54 Å². The van der Waals surface area contributed by atoms with E-state index < -0.39 is 0 Å². The monoisotopic (exact) mass is 172 g/mol. The van der Waals surface area contributed by atoms with Crippen LogP contribution >= 0.6 is 11.5 Å².